The zero-order valence-electron chi connectivity index (χ0n) is 9.27. The Morgan fingerprint density at radius 1 is 1.56 bits per heavy atom. The van der Waals surface area contributed by atoms with E-state index in [0.717, 1.165) is 22.9 Å². The summed E-state index contributed by atoms with van der Waals surface area (Å²) >= 11 is 0. The van der Waals surface area contributed by atoms with E-state index in [4.69, 9.17) is 5.11 Å². The lowest BCUT2D eigenvalue weighted by Crippen LogP contribution is -2.39. The van der Waals surface area contributed by atoms with Crippen LogP contribution in [0.5, 0.6) is 0 Å². The molecule has 96 valence electrons. The Balaban J connectivity index is 3.34. The average Bonchev–Trinajstić information content (AvgIpc) is 2.27. The molecule has 1 heterocycles. The minimum atomic E-state index is -1.25. The second-order valence-electron chi connectivity index (χ2n) is 3.32. The monoisotopic (exact) mass is 255 g/mol. The summed E-state index contributed by atoms with van der Waals surface area (Å²) in [6.07, 6.45) is 2.61. The van der Waals surface area contributed by atoms with Gasteiger partial charge in [0, 0.05) is 19.7 Å². The van der Waals surface area contributed by atoms with E-state index in [0.29, 0.717) is 4.57 Å². The van der Waals surface area contributed by atoms with Gasteiger partial charge in [-0.05, 0) is 0 Å². The van der Waals surface area contributed by atoms with Crippen molar-refractivity contribution in [1.82, 2.24) is 9.13 Å². The maximum atomic E-state index is 11.6. The highest BCUT2D eigenvalue weighted by molar-refractivity contribution is 5.79. The summed E-state index contributed by atoms with van der Waals surface area (Å²) in [5.41, 5.74) is -2.58. The molecule has 18 heavy (non-hydrogen) atoms. The van der Waals surface area contributed by atoms with Crippen molar-refractivity contribution in [2.75, 3.05) is 0 Å². The van der Waals surface area contributed by atoms with Gasteiger partial charge in [0.2, 0.25) is 0 Å². The molecule has 0 atom stereocenters. The van der Waals surface area contributed by atoms with Crippen molar-refractivity contribution in [2.24, 2.45) is 7.05 Å². The summed E-state index contributed by atoms with van der Waals surface area (Å²) in [6.45, 7) is -0.348. The molecule has 1 rings (SSSR count). The van der Waals surface area contributed by atoms with Gasteiger partial charge in [0.05, 0.1) is 11.1 Å². The molecule has 1 N–H and O–H groups in total. The van der Waals surface area contributed by atoms with Crippen LogP contribution in [-0.4, -0.2) is 25.1 Å². The van der Waals surface area contributed by atoms with Gasteiger partial charge >= 0.3 is 22.9 Å². The zero-order chi connectivity index (χ0) is 13.9. The molecule has 0 aromatic carbocycles. The Bertz CT molecular complexity index is 639. The predicted octanol–water partition coefficient (Wildman–Crippen LogP) is -0.904. The van der Waals surface area contributed by atoms with E-state index in [1.165, 1.54) is 7.05 Å². The molecule has 0 saturated carbocycles. The van der Waals surface area contributed by atoms with Gasteiger partial charge in [0.25, 0.3) is 0 Å². The number of carboxylic acid groups (broad SMARTS) is 1. The lowest BCUT2D eigenvalue weighted by Gasteiger charge is -2.03. The van der Waals surface area contributed by atoms with Crippen molar-refractivity contribution in [3.05, 3.63) is 49.3 Å². The van der Waals surface area contributed by atoms with Crippen molar-refractivity contribution >= 4 is 11.7 Å². The molecule has 0 spiro atoms. The van der Waals surface area contributed by atoms with Gasteiger partial charge in [0.15, 0.2) is 0 Å². The number of carbonyl (C=O) groups is 1. The van der Waals surface area contributed by atoms with Crippen LogP contribution in [-0.2, 0) is 18.4 Å². The summed E-state index contributed by atoms with van der Waals surface area (Å²) in [7, 11) is 1.26. The Morgan fingerprint density at radius 2 is 2.17 bits per heavy atom. The molecule has 0 amide bonds. The average molecular weight is 255 g/mol. The van der Waals surface area contributed by atoms with E-state index in [9.17, 15) is 24.5 Å². The second-order valence-corrected chi connectivity index (χ2v) is 3.32. The highest BCUT2D eigenvalue weighted by Crippen LogP contribution is 1.99. The molecule has 1 aromatic rings. The van der Waals surface area contributed by atoms with Gasteiger partial charge in [-0.2, -0.15) is 0 Å². The van der Waals surface area contributed by atoms with Crippen molar-refractivity contribution in [3.8, 4) is 0 Å². The molecule has 0 aliphatic heterocycles. The van der Waals surface area contributed by atoms with Crippen LogP contribution < -0.4 is 11.2 Å². The highest BCUT2D eigenvalue weighted by Gasteiger charge is 2.17. The number of hydrogen-bond acceptors (Lipinski definition) is 5. The van der Waals surface area contributed by atoms with Crippen LogP contribution in [0.2, 0.25) is 0 Å². The highest BCUT2D eigenvalue weighted by atomic mass is 16.6. The molecule has 0 aliphatic rings. The smallest absolute Gasteiger partial charge is 0.350 e. The predicted molar refractivity (Wildman–Crippen MR) is 59.4 cm³/mol. The van der Waals surface area contributed by atoms with Crippen LogP contribution in [0.15, 0.2) is 27.9 Å². The zero-order valence-corrected chi connectivity index (χ0v) is 9.27. The molecule has 0 aliphatic carbocycles. The van der Waals surface area contributed by atoms with Crippen LogP contribution in [0, 0.1) is 10.1 Å². The van der Waals surface area contributed by atoms with Crippen molar-refractivity contribution in [1.29, 1.82) is 0 Å². The lowest BCUT2D eigenvalue weighted by molar-refractivity contribution is -0.387. The minimum absolute atomic E-state index is 0.348. The Morgan fingerprint density at radius 3 is 2.67 bits per heavy atom. The number of aryl methyl sites for hydroxylation is 1. The van der Waals surface area contributed by atoms with Gasteiger partial charge in [0.1, 0.15) is 0 Å². The maximum absolute atomic E-state index is 11.6. The fourth-order valence-electron chi connectivity index (χ4n) is 1.25. The second kappa shape index (κ2) is 5.08. The fraction of sp³-hybridized carbons (Fsp3) is 0.222. The first-order valence-electron chi connectivity index (χ1n) is 4.69. The van der Waals surface area contributed by atoms with Crippen LogP contribution in [0.3, 0.4) is 0 Å². The molecule has 0 unspecified atom stereocenters. The molecule has 9 heteroatoms. The molecular formula is C9H9N3O6. The van der Waals surface area contributed by atoms with Crippen LogP contribution in [0.25, 0.3) is 0 Å². The summed E-state index contributed by atoms with van der Waals surface area (Å²) in [5, 5.41) is 18.9. The van der Waals surface area contributed by atoms with Crippen LogP contribution in [0.1, 0.15) is 0 Å². The number of hydrogen-bond donors (Lipinski definition) is 1. The van der Waals surface area contributed by atoms with E-state index in [1.54, 1.807) is 0 Å². The standard InChI is InChI=1S/C9H9N3O6/c1-10-5-6(12(17)18)8(15)11(9(10)16)4-2-3-7(13)14/h2-3,5H,4H2,1H3,(H,13,14)/b3-2+. The van der Waals surface area contributed by atoms with Crippen LogP contribution in [0.4, 0.5) is 5.69 Å². The largest absolute Gasteiger partial charge is 0.478 e. The summed E-state index contributed by atoms with van der Waals surface area (Å²) in [5.74, 6) is -1.25. The molecule has 0 saturated heterocycles. The third-order valence-corrected chi connectivity index (χ3v) is 2.06. The molecule has 0 bridgehead atoms. The van der Waals surface area contributed by atoms with E-state index >= 15 is 0 Å². The van der Waals surface area contributed by atoms with E-state index in [1.807, 2.05) is 0 Å². The van der Waals surface area contributed by atoms with Crippen molar-refractivity contribution < 1.29 is 14.8 Å². The van der Waals surface area contributed by atoms with Crippen molar-refractivity contribution in [3.63, 3.8) is 0 Å². The first-order valence-corrected chi connectivity index (χ1v) is 4.69. The number of rotatable bonds is 4. The Labute approximate surface area is 99.4 Å². The Kier molecular flexibility index (Phi) is 3.77. The number of nitrogens with zero attached hydrogens (tertiary/aromatic N) is 3. The Hall–Kier alpha value is -2.71. The molecule has 9 nitrogen and oxygen atoms in total. The summed E-state index contributed by atoms with van der Waals surface area (Å²) in [6, 6.07) is 0. The number of aliphatic carboxylic acids is 1. The first-order chi connectivity index (χ1) is 8.34. The van der Waals surface area contributed by atoms with E-state index < -0.39 is 27.8 Å². The van der Waals surface area contributed by atoms with E-state index in [2.05, 4.69) is 0 Å². The molecule has 1 aromatic heterocycles. The van der Waals surface area contributed by atoms with Gasteiger partial charge in [-0.15, -0.1) is 0 Å². The van der Waals surface area contributed by atoms with Gasteiger partial charge < -0.3 is 5.11 Å². The topological polar surface area (TPSA) is 124 Å². The fourth-order valence-corrected chi connectivity index (χ4v) is 1.25. The van der Waals surface area contributed by atoms with Gasteiger partial charge in [-0.1, -0.05) is 6.08 Å². The lowest BCUT2D eigenvalue weighted by atomic mass is 10.4. The quantitative estimate of drug-likeness (QED) is 0.422. The van der Waals surface area contributed by atoms with Crippen LogP contribution >= 0.6 is 0 Å². The minimum Gasteiger partial charge on any atom is -0.478 e. The SMILES string of the molecule is Cn1cc([N+](=O)[O-])c(=O)n(C/C=C/C(=O)O)c1=O. The first kappa shape index (κ1) is 13.4. The van der Waals surface area contributed by atoms with Crippen molar-refractivity contribution in [2.45, 2.75) is 6.54 Å². The summed E-state index contributed by atoms with van der Waals surface area (Å²) < 4.78 is 1.46. The van der Waals surface area contributed by atoms with Gasteiger partial charge in [-0.3, -0.25) is 24.0 Å². The summed E-state index contributed by atoms with van der Waals surface area (Å²) in [4.78, 5) is 43.1. The number of carboxylic acids is 1. The molecule has 0 fully saturated rings. The van der Waals surface area contributed by atoms with Gasteiger partial charge in [-0.25, -0.2) is 9.59 Å². The van der Waals surface area contributed by atoms with E-state index in [-0.39, 0.29) is 6.54 Å². The maximum Gasteiger partial charge on any atom is 0.350 e. The third-order valence-electron chi connectivity index (χ3n) is 2.06. The third kappa shape index (κ3) is 2.70. The normalized spacial score (nSPS) is 10.7. The number of allylic oxidation sites excluding steroid dienone is 1. The number of aromatic nitrogens is 2. The molecular weight excluding hydrogens is 246 g/mol. The number of nitro groups is 1. The molecule has 0 radical (unpaired) electrons.